The lowest BCUT2D eigenvalue weighted by Crippen LogP contribution is -1.97. The number of cyclic esters (lactones) is 1. The third-order valence-electron chi connectivity index (χ3n) is 3.46. The van der Waals surface area contributed by atoms with Crippen LogP contribution >= 0.6 is 0 Å². The van der Waals surface area contributed by atoms with Gasteiger partial charge in [0.25, 0.3) is 0 Å². The SMILES string of the molecule is C=C1OC(=O)C=C1Cc1c(OC)ccc2ccccc12. The van der Waals surface area contributed by atoms with Crippen LogP contribution in [0.5, 0.6) is 5.75 Å². The van der Waals surface area contributed by atoms with Crippen molar-refractivity contribution in [2.45, 2.75) is 6.42 Å². The first kappa shape index (κ1) is 12.5. The minimum absolute atomic E-state index is 0.357. The molecule has 1 aliphatic rings. The minimum Gasteiger partial charge on any atom is -0.496 e. The highest BCUT2D eigenvalue weighted by Crippen LogP contribution is 2.32. The number of rotatable bonds is 3. The van der Waals surface area contributed by atoms with Crippen molar-refractivity contribution < 1.29 is 14.3 Å². The molecule has 0 spiro atoms. The summed E-state index contributed by atoms with van der Waals surface area (Å²) in [6.07, 6.45) is 2.05. The van der Waals surface area contributed by atoms with Gasteiger partial charge in [0.15, 0.2) is 0 Å². The van der Waals surface area contributed by atoms with Gasteiger partial charge >= 0.3 is 5.97 Å². The lowest BCUT2D eigenvalue weighted by molar-refractivity contribution is -0.132. The zero-order valence-corrected chi connectivity index (χ0v) is 11.2. The van der Waals surface area contributed by atoms with Crippen LogP contribution in [0.3, 0.4) is 0 Å². The third kappa shape index (κ3) is 2.07. The molecule has 0 radical (unpaired) electrons. The Kier molecular flexibility index (Phi) is 3.03. The van der Waals surface area contributed by atoms with Gasteiger partial charge in [0, 0.05) is 23.6 Å². The summed E-state index contributed by atoms with van der Waals surface area (Å²) in [5.41, 5.74) is 1.83. The molecule has 0 saturated carbocycles. The molecule has 3 nitrogen and oxygen atoms in total. The number of allylic oxidation sites excluding steroid dienone is 1. The molecule has 0 atom stereocenters. The third-order valence-corrected chi connectivity index (χ3v) is 3.46. The van der Waals surface area contributed by atoms with Crippen molar-refractivity contribution in [1.29, 1.82) is 0 Å². The van der Waals surface area contributed by atoms with Gasteiger partial charge in [0.2, 0.25) is 0 Å². The van der Waals surface area contributed by atoms with E-state index in [4.69, 9.17) is 9.47 Å². The molecule has 0 saturated heterocycles. The van der Waals surface area contributed by atoms with E-state index < -0.39 is 0 Å². The van der Waals surface area contributed by atoms with Gasteiger partial charge in [-0.3, -0.25) is 0 Å². The first-order chi connectivity index (χ1) is 9.69. The molecule has 0 aromatic heterocycles. The Morgan fingerprint density at radius 1 is 1.20 bits per heavy atom. The molecule has 2 aromatic carbocycles. The monoisotopic (exact) mass is 266 g/mol. The van der Waals surface area contributed by atoms with Gasteiger partial charge in [0.05, 0.1) is 7.11 Å². The molecule has 3 heteroatoms. The number of carbonyl (C=O) groups excluding carboxylic acids is 1. The highest BCUT2D eigenvalue weighted by molar-refractivity contribution is 5.91. The van der Waals surface area contributed by atoms with Crippen LogP contribution in [0.1, 0.15) is 5.56 Å². The number of benzene rings is 2. The summed E-state index contributed by atoms with van der Waals surface area (Å²) in [6, 6.07) is 12.1. The fourth-order valence-corrected chi connectivity index (χ4v) is 2.47. The number of hydrogen-bond acceptors (Lipinski definition) is 3. The van der Waals surface area contributed by atoms with E-state index in [0.29, 0.717) is 12.2 Å². The first-order valence-corrected chi connectivity index (χ1v) is 6.35. The number of ether oxygens (including phenoxy) is 2. The number of fused-ring (bicyclic) bond motifs is 1. The molecule has 3 rings (SSSR count). The van der Waals surface area contributed by atoms with E-state index in [1.54, 1.807) is 7.11 Å². The Bertz CT molecular complexity index is 741. The number of methoxy groups -OCH3 is 1. The van der Waals surface area contributed by atoms with Crippen LogP contribution in [0.4, 0.5) is 0 Å². The predicted octanol–water partition coefficient (Wildman–Crippen LogP) is 3.39. The topological polar surface area (TPSA) is 35.5 Å². The maximum Gasteiger partial charge on any atom is 0.336 e. The van der Waals surface area contributed by atoms with Crippen molar-refractivity contribution in [2.24, 2.45) is 0 Å². The van der Waals surface area contributed by atoms with Crippen LogP contribution < -0.4 is 4.74 Å². The summed E-state index contributed by atoms with van der Waals surface area (Å²) >= 11 is 0. The van der Waals surface area contributed by atoms with Crippen molar-refractivity contribution in [1.82, 2.24) is 0 Å². The summed E-state index contributed by atoms with van der Waals surface area (Å²) in [5.74, 6) is 0.867. The smallest absolute Gasteiger partial charge is 0.336 e. The summed E-state index contributed by atoms with van der Waals surface area (Å²) in [5, 5.41) is 2.25. The highest BCUT2D eigenvalue weighted by atomic mass is 16.5. The predicted molar refractivity (Wildman–Crippen MR) is 77.5 cm³/mol. The highest BCUT2D eigenvalue weighted by Gasteiger charge is 2.20. The van der Waals surface area contributed by atoms with E-state index >= 15 is 0 Å². The second-order valence-electron chi connectivity index (χ2n) is 4.66. The molecule has 0 unspecified atom stereocenters. The summed E-state index contributed by atoms with van der Waals surface area (Å²) in [4.78, 5) is 11.3. The van der Waals surface area contributed by atoms with Crippen molar-refractivity contribution >= 4 is 16.7 Å². The van der Waals surface area contributed by atoms with Gasteiger partial charge in [-0.2, -0.15) is 0 Å². The van der Waals surface area contributed by atoms with E-state index in [1.165, 1.54) is 6.08 Å². The molecular weight excluding hydrogens is 252 g/mol. The second-order valence-corrected chi connectivity index (χ2v) is 4.66. The Balaban J connectivity index is 2.12. The van der Waals surface area contributed by atoms with Crippen LogP contribution in [0.15, 0.2) is 60.4 Å². The maximum atomic E-state index is 11.3. The van der Waals surface area contributed by atoms with Crippen molar-refractivity contribution in [2.75, 3.05) is 7.11 Å². The van der Waals surface area contributed by atoms with E-state index in [2.05, 4.69) is 12.6 Å². The van der Waals surface area contributed by atoms with Crippen LogP contribution in [-0.2, 0) is 16.0 Å². The van der Waals surface area contributed by atoms with Gasteiger partial charge in [0.1, 0.15) is 11.5 Å². The Hall–Kier alpha value is -2.55. The van der Waals surface area contributed by atoms with E-state index in [0.717, 1.165) is 27.7 Å². The molecule has 20 heavy (non-hydrogen) atoms. The fraction of sp³-hybridized carbons (Fsp3) is 0.118. The number of esters is 1. The van der Waals surface area contributed by atoms with Gasteiger partial charge in [-0.05, 0) is 16.8 Å². The Morgan fingerprint density at radius 3 is 2.70 bits per heavy atom. The first-order valence-electron chi connectivity index (χ1n) is 6.35. The van der Waals surface area contributed by atoms with Crippen LogP contribution in [0.25, 0.3) is 10.8 Å². The zero-order valence-electron chi connectivity index (χ0n) is 11.2. The van der Waals surface area contributed by atoms with E-state index in [9.17, 15) is 4.79 Å². The molecule has 0 bridgehead atoms. The Morgan fingerprint density at radius 2 is 2.00 bits per heavy atom. The molecular formula is C17H14O3. The van der Waals surface area contributed by atoms with Crippen LogP contribution in [0.2, 0.25) is 0 Å². The second kappa shape index (κ2) is 4.85. The molecule has 100 valence electrons. The number of hydrogen-bond donors (Lipinski definition) is 0. The molecule has 0 fully saturated rings. The lowest BCUT2D eigenvalue weighted by Gasteiger charge is -2.12. The molecule has 0 aliphatic carbocycles. The average Bonchev–Trinajstić information content (AvgIpc) is 2.77. The summed E-state index contributed by atoms with van der Waals surface area (Å²) in [6.45, 7) is 3.77. The summed E-state index contributed by atoms with van der Waals surface area (Å²) in [7, 11) is 1.65. The lowest BCUT2D eigenvalue weighted by atomic mass is 9.97. The molecule has 1 heterocycles. The van der Waals surface area contributed by atoms with Crippen LogP contribution in [0, 0.1) is 0 Å². The van der Waals surface area contributed by atoms with Gasteiger partial charge in [-0.25, -0.2) is 4.79 Å². The molecule has 0 amide bonds. The minimum atomic E-state index is -0.357. The van der Waals surface area contributed by atoms with Gasteiger partial charge < -0.3 is 9.47 Å². The fourth-order valence-electron chi connectivity index (χ4n) is 2.47. The normalized spacial score (nSPS) is 14.3. The van der Waals surface area contributed by atoms with Crippen molar-refractivity contribution in [3.63, 3.8) is 0 Å². The van der Waals surface area contributed by atoms with E-state index in [-0.39, 0.29) is 5.97 Å². The zero-order chi connectivity index (χ0) is 14.1. The van der Waals surface area contributed by atoms with Crippen molar-refractivity contribution in [3.05, 3.63) is 65.9 Å². The average molecular weight is 266 g/mol. The number of carbonyl (C=O) groups is 1. The summed E-state index contributed by atoms with van der Waals surface area (Å²) < 4.78 is 10.4. The van der Waals surface area contributed by atoms with Crippen LogP contribution in [-0.4, -0.2) is 13.1 Å². The molecule has 2 aromatic rings. The maximum absolute atomic E-state index is 11.3. The van der Waals surface area contributed by atoms with Crippen molar-refractivity contribution in [3.8, 4) is 5.75 Å². The van der Waals surface area contributed by atoms with E-state index in [1.807, 2.05) is 30.3 Å². The standard InChI is InChI=1S/C17H14O3/c1-11-13(10-17(18)20-11)9-15-14-6-4-3-5-12(14)7-8-16(15)19-2/h3-8,10H,1,9H2,2H3. The molecule has 0 N–H and O–H groups in total. The largest absolute Gasteiger partial charge is 0.496 e. The quantitative estimate of drug-likeness (QED) is 0.799. The van der Waals surface area contributed by atoms with Gasteiger partial charge in [-0.1, -0.05) is 36.9 Å². The Labute approximate surface area is 117 Å². The molecule has 1 aliphatic heterocycles. The van der Waals surface area contributed by atoms with Gasteiger partial charge in [-0.15, -0.1) is 0 Å².